The smallest absolute Gasteiger partial charge is 0.243 e. The molecule has 0 atom stereocenters. The number of nitrogens with one attached hydrogen (secondary N) is 3. The van der Waals surface area contributed by atoms with Crippen molar-refractivity contribution in [3.8, 4) is 0 Å². The Balaban J connectivity index is 2.03. The topological polar surface area (TPSA) is 105 Å². The second kappa shape index (κ2) is 6.16. The Morgan fingerprint density at radius 2 is 2.20 bits per heavy atom. The van der Waals surface area contributed by atoms with Crippen LogP contribution < -0.4 is 10.0 Å². The van der Waals surface area contributed by atoms with Crippen LogP contribution in [0.15, 0.2) is 23.5 Å². The highest BCUT2D eigenvalue weighted by molar-refractivity contribution is 7.89. The molecule has 110 valence electrons. The van der Waals surface area contributed by atoms with Gasteiger partial charge in [-0.2, -0.15) is 10.2 Å². The number of aromatic amines is 1. The Hall–Kier alpha value is -1.71. The predicted octanol–water partition coefficient (Wildman–Crippen LogP) is -0.387. The highest BCUT2D eigenvalue weighted by Gasteiger charge is 2.16. The van der Waals surface area contributed by atoms with Crippen molar-refractivity contribution in [2.24, 2.45) is 0 Å². The first-order valence-corrected chi connectivity index (χ1v) is 7.67. The van der Waals surface area contributed by atoms with Crippen LogP contribution in [-0.2, 0) is 23.1 Å². The van der Waals surface area contributed by atoms with Crippen LogP contribution in [0.4, 0.5) is 0 Å². The minimum Gasteiger partial charge on any atom is -0.318 e. The first kappa shape index (κ1) is 14.7. The van der Waals surface area contributed by atoms with Crippen molar-refractivity contribution in [3.63, 3.8) is 0 Å². The Bertz CT molecular complexity index is 660. The molecule has 2 aromatic rings. The van der Waals surface area contributed by atoms with Crippen molar-refractivity contribution in [2.45, 2.75) is 24.9 Å². The van der Waals surface area contributed by atoms with Gasteiger partial charge >= 0.3 is 0 Å². The molecule has 2 heterocycles. The number of hydrogen-bond donors (Lipinski definition) is 3. The fourth-order valence-electron chi connectivity index (χ4n) is 1.64. The summed E-state index contributed by atoms with van der Waals surface area (Å²) in [6.07, 6.45) is 4.47. The summed E-state index contributed by atoms with van der Waals surface area (Å²) in [7, 11) is -1.72. The summed E-state index contributed by atoms with van der Waals surface area (Å²) in [4.78, 5) is 0.162. The largest absolute Gasteiger partial charge is 0.318 e. The zero-order valence-corrected chi connectivity index (χ0v) is 12.2. The van der Waals surface area contributed by atoms with Crippen LogP contribution in [-0.4, -0.2) is 42.0 Å². The number of aryl methyl sites for hydroxylation is 1. The van der Waals surface area contributed by atoms with E-state index in [9.17, 15) is 8.42 Å². The second-order valence-electron chi connectivity index (χ2n) is 4.39. The van der Waals surface area contributed by atoms with E-state index in [2.05, 4.69) is 25.3 Å². The summed E-state index contributed by atoms with van der Waals surface area (Å²) < 4.78 is 28.4. The molecule has 0 amide bonds. The molecule has 0 aliphatic rings. The average Bonchev–Trinajstić information content (AvgIpc) is 3.03. The number of sulfonamides is 1. The summed E-state index contributed by atoms with van der Waals surface area (Å²) >= 11 is 0. The molecule has 0 aliphatic heterocycles. The van der Waals surface area contributed by atoms with Gasteiger partial charge in [-0.15, -0.1) is 0 Å². The molecular weight excluding hydrogens is 280 g/mol. The van der Waals surface area contributed by atoms with Gasteiger partial charge in [-0.25, -0.2) is 13.1 Å². The molecule has 0 bridgehead atoms. The maximum atomic E-state index is 12.1. The summed E-state index contributed by atoms with van der Waals surface area (Å²) in [5.74, 6) is 0. The number of hydrogen-bond acceptors (Lipinski definition) is 5. The molecule has 2 aromatic heterocycles. The first-order chi connectivity index (χ1) is 9.53. The van der Waals surface area contributed by atoms with E-state index in [-0.39, 0.29) is 11.4 Å². The third-order valence-corrected chi connectivity index (χ3v) is 4.25. The van der Waals surface area contributed by atoms with E-state index in [1.807, 2.05) is 14.0 Å². The van der Waals surface area contributed by atoms with Gasteiger partial charge in [-0.1, -0.05) is 0 Å². The quantitative estimate of drug-likeness (QED) is 0.646. The molecule has 0 radical (unpaired) electrons. The second-order valence-corrected chi connectivity index (χ2v) is 6.15. The fraction of sp³-hybridized carbons (Fsp3) is 0.455. The Labute approximate surface area is 117 Å². The highest BCUT2D eigenvalue weighted by atomic mass is 32.2. The van der Waals surface area contributed by atoms with Crippen LogP contribution in [0.3, 0.4) is 0 Å². The standard InChI is InChI=1S/C11H18N6O2S/c1-9-10(5-13-16-9)6-15-20(18,19)11-7-14-17(8-11)4-3-12-2/h5,7-8,12,15H,3-4,6H2,1-2H3,(H,13,16). The van der Waals surface area contributed by atoms with Crippen molar-refractivity contribution < 1.29 is 8.42 Å². The van der Waals surface area contributed by atoms with E-state index in [0.717, 1.165) is 17.8 Å². The minimum absolute atomic E-state index is 0.162. The van der Waals surface area contributed by atoms with E-state index in [0.29, 0.717) is 6.54 Å². The maximum Gasteiger partial charge on any atom is 0.243 e. The fourth-order valence-corrected chi connectivity index (χ4v) is 2.60. The van der Waals surface area contributed by atoms with Gasteiger partial charge in [-0.05, 0) is 14.0 Å². The zero-order valence-electron chi connectivity index (χ0n) is 11.4. The highest BCUT2D eigenvalue weighted by Crippen LogP contribution is 2.09. The molecule has 0 fully saturated rings. The molecule has 0 saturated carbocycles. The molecule has 0 aliphatic carbocycles. The van der Waals surface area contributed by atoms with Crippen LogP contribution in [0.5, 0.6) is 0 Å². The maximum absolute atomic E-state index is 12.1. The third kappa shape index (κ3) is 3.44. The van der Waals surface area contributed by atoms with Gasteiger partial charge in [0.15, 0.2) is 0 Å². The number of likely N-dealkylation sites (N-methyl/N-ethyl adjacent to an activating group) is 1. The van der Waals surface area contributed by atoms with E-state index >= 15 is 0 Å². The zero-order chi connectivity index (χ0) is 14.6. The van der Waals surface area contributed by atoms with Crippen molar-refractivity contribution >= 4 is 10.0 Å². The van der Waals surface area contributed by atoms with Crippen LogP contribution in [0, 0.1) is 6.92 Å². The summed E-state index contributed by atoms with van der Waals surface area (Å²) in [5, 5.41) is 13.6. The SMILES string of the molecule is CNCCn1cc(S(=O)(=O)NCc2cn[nH]c2C)cn1. The molecule has 0 aromatic carbocycles. The van der Waals surface area contributed by atoms with E-state index in [1.54, 1.807) is 10.9 Å². The molecule has 8 nitrogen and oxygen atoms in total. The molecule has 0 saturated heterocycles. The molecule has 3 N–H and O–H groups in total. The summed E-state index contributed by atoms with van der Waals surface area (Å²) in [6.45, 7) is 3.38. The van der Waals surface area contributed by atoms with Crippen molar-refractivity contribution in [2.75, 3.05) is 13.6 Å². The Morgan fingerprint density at radius 3 is 2.85 bits per heavy atom. The first-order valence-electron chi connectivity index (χ1n) is 6.18. The van der Waals surface area contributed by atoms with E-state index < -0.39 is 10.0 Å². The lowest BCUT2D eigenvalue weighted by molar-refractivity contribution is 0.576. The summed E-state index contributed by atoms with van der Waals surface area (Å²) in [6, 6.07) is 0. The third-order valence-electron chi connectivity index (χ3n) is 2.90. The van der Waals surface area contributed by atoms with Gasteiger partial charge in [0.2, 0.25) is 10.0 Å². The van der Waals surface area contributed by atoms with Crippen molar-refractivity contribution in [1.29, 1.82) is 0 Å². The van der Waals surface area contributed by atoms with Gasteiger partial charge < -0.3 is 5.32 Å². The monoisotopic (exact) mass is 298 g/mol. The Morgan fingerprint density at radius 1 is 1.40 bits per heavy atom. The van der Waals surface area contributed by atoms with Crippen LogP contribution >= 0.6 is 0 Å². The molecule has 0 unspecified atom stereocenters. The van der Waals surface area contributed by atoms with Crippen LogP contribution in [0.1, 0.15) is 11.3 Å². The molecular formula is C11H18N6O2S. The average molecular weight is 298 g/mol. The van der Waals surface area contributed by atoms with E-state index in [1.165, 1.54) is 12.4 Å². The van der Waals surface area contributed by atoms with Gasteiger partial charge in [0.05, 0.1) is 18.9 Å². The van der Waals surface area contributed by atoms with Crippen LogP contribution in [0.2, 0.25) is 0 Å². The number of aromatic nitrogens is 4. The lowest BCUT2D eigenvalue weighted by Gasteiger charge is -2.03. The molecule has 2 rings (SSSR count). The summed E-state index contributed by atoms with van der Waals surface area (Å²) in [5.41, 5.74) is 1.66. The number of nitrogens with zero attached hydrogens (tertiary/aromatic N) is 3. The molecule has 9 heteroatoms. The lowest BCUT2D eigenvalue weighted by atomic mass is 10.3. The van der Waals surface area contributed by atoms with Crippen molar-refractivity contribution in [1.82, 2.24) is 30.0 Å². The van der Waals surface area contributed by atoms with Gasteiger partial charge in [-0.3, -0.25) is 9.78 Å². The van der Waals surface area contributed by atoms with Crippen LogP contribution in [0.25, 0.3) is 0 Å². The minimum atomic E-state index is -3.55. The van der Waals surface area contributed by atoms with E-state index in [4.69, 9.17) is 0 Å². The number of H-pyrrole nitrogens is 1. The Kier molecular flexibility index (Phi) is 4.53. The van der Waals surface area contributed by atoms with Gasteiger partial charge in [0.25, 0.3) is 0 Å². The molecule has 20 heavy (non-hydrogen) atoms. The predicted molar refractivity (Wildman–Crippen MR) is 73.5 cm³/mol. The van der Waals surface area contributed by atoms with Gasteiger partial charge in [0, 0.05) is 30.5 Å². The lowest BCUT2D eigenvalue weighted by Crippen LogP contribution is -2.23. The number of rotatable bonds is 7. The van der Waals surface area contributed by atoms with Crippen molar-refractivity contribution in [3.05, 3.63) is 29.8 Å². The normalized spacial score (nSPS) is 11.9. The molecule has 0 spiro atoms. The van der Waals surface area contributed by atoms with Gasteiger partial charge in [0.1, 0.15) is 4.90 Å².